The van der Waals surface area contributed by atoms with Crippen molar-refractivity contribution in [2.75, 3.05) is 31.5 Å². The Morgan fingerprint density at radius 3 is 2.78 bits per heavy atom. The topological polar surface area (TPSA) is 100 Å². The van der Waals surface area contributed by atoms with Crippen LogP contribution in [0.2, 0.25) is 0 Å². The Hall–Kier alpha value is -3.03. The van der Waals surface area contributed by atoms with Gasteiger partial charge in [-0.1, -0.05) is 6.07 Å². The summed E-state index contributed by atoms with van der Waals surface area (Å²) in [5.74, 6) is 0.361. The maximum atomic E-state index is 12.9. The van der Waals surface area contributed by atoms with Gasteiger partial charge in [-0.15, -0.1) is 0 Å². The van der Waals surface area contributed by atoms with Crippen molar-refractivity contribution in [1.82, 2.24) is 25.2 Å². The summed E-state index contributed by atoms with van der Waals surface area (Å²) < 4.78 is 0. The summed E-state index contributed by atoms with van der Waals surface area (Å²) in [6.07, 6.45) is 5.53. The molecular weight excluding hydrogens is 344 g/mol. The molecule has 2 amide bonds. The number of hydrogen-bond acceptors (Lipinski definition) is 6. The molecule has 142 valence electrons. The van der Waals surface area contributed by atoms with Gasteiger partial charge in [0.15, 0.2) is 0 Å². The summed E-state index contributed by atoms with van der Waals surface area (Å²) >= 11 is 0. The van der Waals surface area contributed by atoms with Gasteiger partial charge in [0.1, 0.15) is 11.5 Å². The molecule has 0 radical (unpaired) electrons. The number of nitrogens with zero attached hydrogens (tertiary/aromatic N) is 4. The number of carbonyl (C=O) groups is 2. The quantitative estimate of drug-likeness (QED) is 0.784. The zero-order valence-electron chi connectivity index (χ0n) is 15.4. The largest absolute Gasteiger partial charge is 0.368 e. The van der Waals surface area contributed by atoms with Gasteiger partial charge in [0.2, 0.25) is 5.91 Å². The predicted octanol–water partition coefficient (Wildman–Crippen LogP) is 1.19. The number of hydrogen-bond donors (Lipinski definition) is 2. The van der Waals surface area contributed by atoms with Gasteiger partial charge in [0.25, 0.3) is 5.91 Å². The number of fused-ring (bicyclic) bond motifs is 2. The summed E-state index contributed by atoms with van der Waals surface area (Å²) in [5, 5.41) is 6.04. The van der Waals surface area contributed by atoms with E-state index in [1.54, 1.807) is 18.0 Å². The van der Waals surface area contributed by atoms with Crippen molar-refractivity contribution >= 4 is 17.6 Å². The van der Waals surface area contributed by atoms with E-state index < -0.39 is 0 Å². The van der Waals surface area contributed by atoms with Gasteiger partial charge in [-0.2, -0.15) is 0 Å². The molecule has 2 aromatic rings. The Morgan fingerprint density at radius 1 is 1.11 bits per heavy atom. The number of amides is 2. The molecule has 0 saturated carbocycles. The summed E-state index contributed by atoms with van der Waals surface area (Å²) in [5.41, 5.74) is 1.87. The lowest BCUT2D eigenvalue weighted by molar-refractivity contribution is -0.121. The molecule has 2 bridgehead atoms. The maximum Gasteiger partial charge on any atom is 0.274 e. The average molecular weight is 368 g/mol. The first-order valence-corrected chi connectivity index (χ1v) is 9.17. The molecular formula is C19H24N6O2. The smallest absolute Gasteiger partial charge is 0.274 e. The lowest BCUT2D eigenvalue weighted by Gasteiger charge is -2.22. The van der Waals surface area contributed by atoms with E-state index >= 15 is 0 Å². The van der Waals surface area contributed by atoms with E-state index in [0.29, 0.717) is 31.0 Å². The number of aromatic nitrogens is 3. The third kappa shape index (κ3) is 5.22. The zero-order valence-corrected chi connectivity index (χ0v) is 15.4. The van der Waals surface area contributed by atoms with Crippen LogP contribution in [0.1, 0.15) is 34.7 Å². The third-order valence-electron chi connectivity index (χ3n) is 4.38. The molecule has 27 heavy (non-hydrogen) atoms. The van der Waals surface area contributed by atoms with Crippen LogP contribution in [0.3, 0.4) is 0 Å². The van der Waals surface area contributed by atoms with Crippen molar-refractivity contribution < 1.29 is 9.59 Å². The summed E-state index contributed by atoms with van der Waals surface area (Å²) in [7, 11) is 0. The van der Waals surface area contributed by atoms with E-state index in [-0.39, 0.29) is 18.4 Å². The second-order valence-electron chi connectivity index (χ2n) is 6.47. The number of pyridine rings is 1. The van der Waals surface area contributed by atoms with Crippen molar-refractivity contribution in [2.24, 2.45) is 0 Å². The SMILES string of the molecule is Cc1nccnc1C(=O)N1CCCCc2cccc(n2)NCCNC(=O)C1. The molecule has 2 aromatic heterocycles. The van der Waals surface area contributed by atoms with E-state index in [2.05, 4.69) is 25.6 Å². The molecule has 3 rings (SSSR count). The first-order valence-electron chi connectivity index (χ1n) is 9.17. The lowest BCUT2D eigenvalue weighted by atomic mass is 10.1. The van der Waals surface area contributed by atoms with Crippen molar-refractivity contribution in [2.45, 2.75) is 26.2 Å². The fourth-order valence-electron chi connectivity index (χ4n) is 2.97. The van der Waals surface area contributed by atoms with Crippen LogP contribution in [0, 0.1) is 6.92 Å². The van der Waals surface area contributed by atoms with Gasteiger partial charge < -0.3 is 15.5 Å². The van der Waals surface area contributed by atoms with Crippen LogP contribution in [0.15, 0.2) is 30.6 Å². The van der Waals surface area contributed by atoms with Crippen molar-refractivity contribution in [3.05, 3.63) is 47.7 Å². The van der Waals surface area contributed by atoms with Gasteiger partial charge in [-0.05, 0) is 38.3 Å². The molecule has 0 aromatic carbocycles. The molecule has 3 heterocycles. The number of rotatable bonds is 1. The predicted molar refractivity (Wildman–Crippen MR) is 101 cm³/mol. The van der Waals surface area contributed by atoms with Crippen LogP contribution >= 0.6 is 0 Å². The van der Waals surface area contributed by atoms with Gasteiger partial charge in [-0.25, -0.2) is 9.97 Å². The minimum absolute atomic E-state index is 0.0123. The monoisotopic (exact) mass is 368 g/mol. The molecule has 0 unspecified atom stereocenters. The van der Waals surface area contributed by atoms with E-state index in [1.165, 1.54) is 6.20 Å². The molecule has 0 spiro atoms. The van der Waals surface area contributed by atoms with Crippen LogP contribution in [0.4, 0.5) is 5.82 Å². The van der Waals surface area contributed by atoms with Crippen molar-refractivity contribution in [3.63, 3.8) is 0 Å². The van der Waals surface area contributed by atoms with Gasteiger partial charge >= 0.3 is 0 Å². The van der Waals surface area contributed by atoms with Crippen LogP contribution in [-0.2, 0) is 11.2 Å². The Balaban J connectivity index is 1.73. The van der Waals surface area contributed by atoms with E-state index in [0.717, 1.165) is 30.8 Å². The molecule has 0 atom stereocenters. The molecule has 1 aliphatic heterocycles. The minimum atomic E-state index is -0.263. The number of nitrogens with one attached hydrogen (secondary N) is 2. The third-order valence-corrected chi connectivity index (χ3v) is 4.38. The number of anilines is 1. The molecule has 2 N–H and O–H groups in total. The highest BCUT2D eigenvalue weighted by Gasteiger charge is 2.21. The van der Waals surface area contributed by atoms with Gasteiger partial charge in [-0.3, -0.25) is 14.6 Å². The Kier molecular flexibility index (Phi) is 6.30. The summed E-state index contributed by atoms with van der Waals surface area (Å²) in [6, 6.07) is 5.90. The van der Waals surface area contributed by atoms with Crippen LogP contribution in [0.25, 0.3) is 0 Å². The number of carbonyl (C=O) groups excluding carboxylic acids is 2. The Morgan fingerprint density at radius 2 is 1.93 bits per heavy atom. The lowest BCUT2D eigenvalue weighted by Crippen LogP contribution is -2.43. The first-order chi connectivity index (χ1) is 13.1. The van der Waals surface area contributed by atoms with Crippen molar-refractivity contribution in [3.8, 4) is 0 Å². The summed E-state index contributed by atoms with van der Waals surface area (Å²) in [4.78, 5) is 39.5. The maximum absolute atomic E-state index is 12.9. The van der Waals surface area contributed by atoms with Gasteiger partial charge in [0, 0.05) is 37.7 Å². The molecule has 0 fully saturated rings. The summed E-state index contributed by atoms with van der Waals surface area (Å²) in [6.45, 7) is 3.27. The number of aryl methyl sites for hydroxylation is 2. The Bertz CT molecular complexity index is 810. The second kappa shape index (κ2) is 9.07. The van der Waals surface area contributed by atoms with Crippen LogP contribution < -0.4 is 10.6 Å². The average Bonchev–Trinajstić information content (AvgIpc) is 2.67. The highest BCUT2D eigenvalue weighted by Crippen LogP contribution is 2.10. The van der Waals surface area contributed by atoms with Crippen LogP contribution in [0.5, 0.6) is 0 Å². The normalized spacial score (nSPS) is 16.0. The zero-order chi connectivity index (χ0) is 19.1. The standard InChI is InChI=1S/C19H24N6O2/c1-14-18(23-11-8-20-14)19(27)25-12-3-2-5-15-6-4-7-16(24-15)21-9-10-22-17(26)13-25/h4,6-8,11H,2-3,5,9-10,12-13H2,1H3,(H,21,24)(H,22,26). The molecule has 0 saturated heterocycles. The van der Waals surface area contributed by atoms with Crippen molar-refractivity contribution in [1.29, 1.82) is 0 Å². The molecule has 0 aliphatic carbocycles. The highest BCUT2D eigenvalue weighted by molar-refractivity contribution is 5.95. The van der Waals surface area contributed by atoms with Gasteiger partial charge in [0.05, 0.1) is 12.2 Å². The van der Waals surface area contributed by atoms with E-state index in [9.17, 15) is 9.59 Å². The minimum Gasteiger partial charge on any atom is -0.368 e. The van der Waals surface area contributed by atoms with E-state index in [1.807, 2.05) is 18.2 Å². The fourth-order valence-corrected chi connectivity index (χ4v) is 2.97. The molecule has 8 nitrogen and oxygen atoms in total. The highest BCUT2D eigenvalue weighted by atomic mass is 16.2. The Labute approximate surface area is 158 Å². The fraction of sp³-hybridized carbons (Fsp3) is 0.421. The molecule has 1 aliphatic rings. The second-order valence-corrected chi connectivity index (χ2v) is 6.47. The first kappa shape index (κ1) is 18.8. The van der Waals surface area contributed by atoms with Crippen LogP contribution in [-0.4, -0.2) is 57.8 Å². The van der Waals surface area contributed by atoms with E-state index in [4.69, 9.17) is 0 Å². The molecule has 8 heteroatoms.